The molecule has 9 heteroatoms. The average Bonchev–Trinajstić information content (AvgIpc) is 2.84. The van der Waals surface area contributed by atoms with E-state index in [2.05, 4.69) is 15.1 Å². The van der Waals surface area contributed by atoms with Crippen LogP contribution in [0, 0.1) is 0 Å². The Morgan fingerprint density at radius 2 is 1.55 bits per heavy atom. The standard InChI is InChI=1S/C24H24Cl2N4O2S/c25-19-6-8-21(22(26)16-19)23-9-10-24(28-27-23)29-11-13-30(14-12-29)33(31,32)20-7-5-17-3-1-2-4-18(17)15-20/h5-10,15-16H,1-4,11-14H2. The van der Waals surface area contributed by atoms with E-state index < -0.39 is 10.0 Å². The van der Waals surface area contributed by atoms with E-state index in [-0.39, 0.29) is 0 Å². The molecule has 2 aromatic carbocycles. The van der Waals surface area contributed by atoms with Gasteiger partial charge in [0.05, 0.1) is 15.6 Å². The number of anilines is 1. The highest BCUT2D eigenvalue weighted by Crippen LogP contribution is 2.30. The van der Waals surface area contributed by atoms with Crippen molar-refractivity contribution < 1.29 is 8.42 Å². The van der Waals surface area contributed by atoms with Crippen LogP contribution in [0.15, 0.2) is 53.4 Å². The van der Waals surface area contributed by atoms with E-state index in [4.69, 9.17) is 23.2 Å². The van der Waals surface area contributed by atoms with Crippen molar-refractivity contribution in [3.05, 3.63) is 69.7 Å². The molecule has 172 valence electrons. The normalized spacial score (nSPS) is 17.1. The molecule has 0 radical (unpaired) electrons. The molecule has 0 bridgehead atoms. The Balaban J connectivity index is 1.27. The van der Waals surface area contributed by atoms with Gasteiger partial charge in [-0.15, -0.1) is 10.2 Å². The van der Waals surface area contributed by atoms with Crippen molar-refractivity contribution >= 4 is 39.0 Å². The predicted molar refractivity (Wildman–Crippen MR) is 132 cm³/mol. The molecule has 1 aliphatic heterocycles. The van der Waals surface area contributed by atoms with Gasteiger partial charge in [0.25, 0.3) is 0 Å². The van der Waals surface area contributed by atoms with Gasteiger partial charge in [0.1, 0.15) is 0 Å². The van der Waals surface area contributed by atoms with Crippen LogP contribution in [0.1, 0.15) is 24.0 Å². The summed E-state index contributed by atoms with van der Waals surface area (Å²) in [4.78, 5) is 2.46. The summed E-state index contributed by atoms with van der Waals surface area (Å²) >= 11 is 12.2. The Kier molecular flexibility index (Phi) is 6.31. The van der Waals surface area contributed by atoms with Crippen molar-refractivity contribution in [3.63, 3.8) is 0 Å². The lowest BCUT2D eigenvalue weighted by molar-refractivity contribution is 0.383. The molecular weight excluding hydrogens is 479 g/mol. The molecule has 0 atom stereocenters. The van der Waals surface area contributed by atoms with Crippen LogP contribution in [0.25, 0.3) is 11.3 Å². The second kappa shape index (κ2) is 9.22. The van der Waals surface area contributed by atoms with Crippen molar-refractivity contribution in [1.29, 1.82) is 0 Å². The summed E-state index contributed by atoms with van der Waals surface area (Å²) in [6.45, 7) is 1.93. The van der Waals surface area contributed by atoms with Gasteiger partial charge in [0.2, 0.25) is 10.0 Å². The number of piperazine rings is 1. The maximum absolute atomic E-state index is 13.2. The van der Waals surface area contributed by atoms with Crippen LogP contribution in [0.5, 0.6) is 0 Å². The first-order valence-electron chi connectivity index (χ1n) is 11.1. The molecule has 1 aromatic heterocycles. The Labute approximate surface area is 204 Å². The van der Waals surface area contributed by atoms with Gasteiger partial charge in [0, 0.05) is 36.8 Å². The Hall–Kier alpha value is -2.19. The number of halogens is 2. The average molecular weight is 503 g/mol. The number of sulfonamides is 1. The second-order valence-corrected chi connectivity index (χ2v) is 11.2. The highest BCUT2D eigenvalue weighted by atomic mass is 35.5. The molecule has 0 unspecified atom stereocenters. The zero-order valence-corrected chi connectivity index (χ0v) is 20.4. The molecule has 2 aliphatic rings. The summed E-state index contributed by atoms with van der Waals surface area (Å²) < 4.78 is 28.0. The largest absolute Gasteiger partial charge is 0.352 e. The highest BCUT2D eigenvalue weighted by molar-refractivity contribution is 7.89. The second-order valence-electron chi connectivity index (χ2n) is 8.43. The Morgan fingerprint density at radius 1 is 0.788 bits per heavy atom. The fraction of sp³-hybridized carbons (Fsp3) is 0.333. The summed E-state index contributed by atoms with van der Waals surface area (Å²) in [6.07, 6.45) is 4.30. The van der Waals surface area contributed by atoms with E-state index in [0.29, 0.717) is 46.8 Å². The number of benzene rings is 2. The SMILES string of the molecule is O=S(=O)(c1ccc2c(c1)CCCC2)N1CCN(c2ccc(-c3ccc(Cl)cc3Cl)nn2)CC1. The first-order valence-corrected chi connectivity index (χ1v) is 13.3. The fourth-order valence-corrected chi connectivity index (χ4v) is 6.49. The first kappa shape index (κ1) is 22.6. The first-order chi connectivity index (χ1) is 15.9. The molecule has 1 fully saturated rings. The summed E-state index contributed by atoms with van der Waals surface area (Å²) in [5.74, 6) is 0.717. The zero-order chi connectivity index (χ0) is 23.0. The number of nitrogens with zero attached hydrogens (tertiary/aromatic N) is 4. The van der Waals surface area contributed by atoms with E-state index in [9.17, 15) is 8.42 Å². The number of fused-ring (bicyclic) bond motifs is 1. The summed E-state index contributed by atoms with van der Waals surface area (Å²) in [6, 6.07) is 14.6. The maximum Gasteiger partial charge on any atom is 0.243 e. The van der Waals surface area contributed by atoms with E-state index in [1.807, 2.05) is 30.3 Å². The van der Waals surface area contributed by atoms with Crippen molar-refractivity contribution in [2.24, 2.45) is 0 Å². The minimum absolute atomic E-state index is 0.403. The fourth-order valence-electron chi connectivity index (χ4n) is 4.51. The lowest BCUT2D eigenvalue weighted by Crippen LogP contribution is -2.49. The molecule has 0 N–H and O–H groups in total. The van der Waals surface area contributed by atoms with Crippen LogP contribution in [-0.2, 0) is 22.9 Å². The van der Waals surface area contributed by atoms with Crippen LogP contribution >= 0.6 is 23.2 Å². The zero-order valence-electron chi connectivity index (χ0n) is 18.0. The third-order valence-corrected chi connectivity index (χ3v) is 8.82. The molecule has 3 aromatic rings. The van der Waals surface area contributed by atoms with Gasteiger partial charge in [-0.1, -0.05) is 29.3 Å². The molecule has 1 aliphatic carbocycles. The van der Waals surface area contributed by atoms with Gasteiger partial charge in [-0.2, -0.15) is 4.31 Å². The Bertz CT molecular complexity index is 1270. The molecule has 6 nitrogen and oxygen atoms in total. The summed E-state index contributed by atoms with van der Waals surface area (Å²) in [5.41, 5.74) is 3.89. The van der Waals surface area contributed by atoms with Crippen molar-refractivity contribution in [2.45, 2.75) is 30.6 Å². The topological polar surface area (TPSA) is 66.4 Å². The van der Waals surface area contributed by atoms with Gasteiger partial charge in [0.15, 0.2) is 5.82 Å². The number of aryl methyl sites for hydroxylation is 2. The molecule has 5 rings (SSSR count). The summed E-state index contributed by atoms with van der Waals surface area (Å²) in [7, 11) is -3.51. The third-order valence-electron chi connectivity index (χ3n) is 6.38. The van der Waals surface area contributed by atoms with Crippen LogP contribution in [-0.4, -0.2) is 49.1 Å². The molecule has 33 heavy (non-hydrogen) atoms. The van der Waals surface area contributed by atoms with Crippen LogP contribution in [0.3, 0.4) is 0 Å². The quantitative estimate of drug-likeness (QED) is 0.510. The van der Waals surface area contributed by atoms with E-state index in [0.717, 1.165) is 30.6 Å². The number of hydrogen-bond acceptors (Lipinski definition) is 5. The van der Waals surface area contributed by atoms with Crippen LogP contribution < -0.4 is 4.90 Å². The summed E-state index contributed by atoms with van der Waals surface area (Å²) in [5, 5.41) is 9.76. The predicted octanol–water partition coefficient (Wildman–Crippen LogP) is 4.84. The molecule has 1 saturated heterocycles. The van der Waals surface area contributed by atoms with Crippen molar-refractivity contribution in [2.75, 3.05) is 31.1 Å². The lowest BCUT2D eigenvalue weighted by Gasteiger charge is -2.34. The molecule has 0 spiro atoms. The van der Waals surface area contributed by atoms with E-state index >= 15 is 0 Å². The van der Waals surface area contributed by atoms with E-state index in [1.54, 1.807) is 22.5 Å². The van der Waals surface area contributed by atoms with Gasteiger partial charge in [-0.25, -0.2) is 8.42 Å². The molecule has 0 amide bonds. The van der Waals surface area contributed by atoms with Gasteiger partial charge < -0.3 is 4.90 Å². The Morgan fingerprint density at radius 3 is 2.24 bits per heavy atom. The maximum atomic E-state index is 13.2. The minimum atomic E-state index is -3.51. The lowest BCUT2D eigenvalue weighted by atomic mass is 9.92. The number of hydrogen-bond donors (Lipinski definition) is 0. The van der Waals surface area contributed by atoms with Crippen LogP contribution in [0.2, 0.25) is 10.0 Å². The van der Waals surface area contributed by atoms with Gasteiger partial charge in [-0.3, -0.25) is 0 Å². The number of aromatic nitrogens is 2. The van der Waals surface area contributed by atoms with Gasteiger partial charge >= 0.3 is 0 Å². The third kappa shape index (κ3) is 4.60. The monoisotopic (exact) mass is 502 g/mol. The molecular formula is C24H24Cl2N4O2S. The van der Waals surface area contributed by atoms with E-state index in [1.165, 1.54) is 17.5 Å². The van der Waals surface area contributed by atoms with Crippen molar-refractivity contribution in [3.8, 4) is 11.3 Å². The highest BCUT2D eigenvalue weighted by Gasteiger charge is 2.29. The molecule has 0 saturated carbocycles. The van der Waals surface area contributed by atoms with Gasteiger partial charge in [-0.05, 0) is 79.3 Å². The molecule has 2 heterocycles. The van der Waals surface area contributed by atoms with Crippen LogP contribution in [0.4, 0.5) is 5.82 Å². The minimum Gasteiger partial charge on any atom is -0.352 e. The smallest absolute Gasteiger partial charge is 0.243 e. The van der Waals surface area contributed by atoms with Crippen molar-refractivity contribution in [1.82, 2.24) is 14.5 Å². The number of rotatable bonds is 4.